The summed E-state index contributed by atoms with van der Waals surface area (Å²) in [6.07, 6.45) is 2.57. The summed E-state index contributed by atoms with van der Waals surface area (Å²) in [4.78, 5) is 4.16. The molecule has 1 aromatic heterocycles. The summed E-state index contributed by atoms with van der Waals surface area (Å²) in [6.45, 7) is 2.23. The predicted octanol–water partition coefficient (Wildman–Crippen LogP) is 5.51. The van der Waals surface area contributed by atoms with E-state index in [-0.39, 0.29) is 12.4 Å². The molecule has 0 unspecified atom stereocenters. The molecular formula is C26H25FN2O2. The Labute approximate surface area is 181 Å². The SMILES string of the molecule is Fc1ccccc1COc1ccc2ccccc2c1CNCCCOc1ccccn1. The highest BCUT2D eigenvalue weighted by Gasteiger charge is 2.10. The van der Waals surface area contributed by atoms with Gasteiger partial charge in [-0.05, 0) is 41.9 Å². The predicted molar refractivity (Wildman–Crippen MR) is 121 cm³/mol. The summed E-state index contributed by atoms with van der Waals surface area (Å²) in [5.41, 5.74) is 1.61. The quantitative estimate of drug-likeness (QED) is 0.346. The van der Waals surface area contributed by atoms with Gasteiger partial charge in [-0.3, -0.25) is 0 Å². The maximum Gasteiger partial charge on any atom is 0.213 e. The van der Waals surface area contributed by atoms with Crippen molar-refractivity contribution in [3.63, 3.8) is 0 Å². The van der Waals surface area contributed by atoms with E-state index in [1.54, 1.807) is 18.3 Å². The van der Waals surface area contributed by atoms with Crippen LogP contribution in [0.2, 0.25) is 0 Å². The van der Waals surface area contributed by atoms with Crippen molar-refractivity contribution < 1.29 is 13.9 Å². The molecule has 5 heteroatoms. The van der Waals surface area contributed by atoms with Crippen LogP contribution in [0, 0.1) is 5.82 Å². The Bertz CT molecular complexity index is 1120. The smallest absolute Gasteiger partial charge is 0.213 e. The fraction of sp³-hybridized carbons (Fsp3) is 0.192. The number of pyridine rings is 1. The fourth-order valence-corrected chi connectivity index (χ4v) is 3.42. The molecule has 0 aliphatic rings. The third kappa shape index (κ3) is 5.58. The number of halogens is 1. The topological polar surface area (TPSA) is 43.4 Å². The number of benzene rings is 3. The Morgan fingerprint density at radius 2 is 1.68 bits per heavy atom. The van der Waals surface area contributed by atoms with Gasteiger partial charge in [0.1, 0.15) is 18.2 Å². The molecule has 1 N–H and O–H groups in total. The highest BCUT2D eigenvalue weighted by Crippen LogP contribution is 2.29. The van der Waals surface area contributed by atoms with E-state index < -0.39 is 0 Å². The monoisotopic (exact) mass is 416 g/mol. The summed E-state index contributed by atoms with van der Waals surface area (Å²) in [5, 5.41) is 5.76. The van der Waals surface area contributed by atoms with E-state index in [0.29, 0.717) is 24.6 Å². The Kier molecular flexibility index (Phi) is 7.08. The number of aromatic nitrogens is 1. The summed E-state index contributed by atoms with van der Waals surface area (Å²) in [6, 6.07) is 24.5. The minimum atomic E-state index is -0.254. The molecule has 31 heavy (non-hydrogen) atoms. The zero-order chi connectivity index (χ0) is 21.3. The van der Waals surface area contributed by atoms with Crippen LogP contribution in [0.5, 0.6) is 11.6 Å². The lowest BCUT2D eigenvalue weighted by Crippen LogP contribution is -2.18. The fourth-order valence-electron chi connectivity index (χ4n) is 3.42. The third-order valence-electron chi connectivity index (χ3n) is 5.03. The molecule has 4 rings (SSSR count). The molecule has 0 saturated heterocycles. The molecule has 1 heterocycles. The van der Waals surface area contributed by atoms with E-state index in [1.807, 2.05) is 48.5 Å². The first kappa shape index (κ1) is 20.8. The van der Waals surface area contributed by atoms with Crippen LogP contribution >= 0.6 is 0 Å². The molecule has 0 atom stereocenters. The second-order valence-electron chi connectivity index (χ2n) is 7.19. The molecule has 158 valence electrons. The first-order valence-electron chi connectivity index (χ1n) is 10.4. The Morgan fingerprint density at radius 1 is 0.839 bits per heavy atom. The zero-order valence-electron chi connectivity index (χ0n) is 17.3. The van der Waals surface area contributed by atoms with Gasteiger partial charge in [-0.15, -0.1) is 0 Å². The number of hydrogen-bond acceptors (Lipinski definition) is 4. The van der Waals surface area contributed by atoms with Crippen molar-refractivity contribution >= 4 is 10.8 Å². The minimum absolute atomic E-state index is 0.190. The first-order valence-corrected chi connectivity index (χ1v) is 10.4. The second kappa shape index (κ2) is 10.5. The average molecular weight is 416 g/mol. The van der Waals surface area contributed by atoms with Gasteiger partial charge < -0.3 is 14.8 Å². The summed E-state index contributed by atoms with van der Waals surface area (Å²) < 4.78 is 25.7. The summed E-state index contributed by atoms with van der Waals surface area (Å²) in [7, 11) is 0. The van der Waals surface area contributed by atoms with Crippen molar-refractivity contribution in [1.82, 2.24) is 10.3 Å². The van der Waals surface area contributed by atoms with E-state index in [9.17, 15) is 4.39 Å². The van der Waals surface area contributed by atoms with Gasteiger partial charge in [0.05, 0.1) is 6.61 Å². The van der Waals surface area contributed by atoms with Crippen LogP contribution < -0.4 is 14.8 Å². The van der Waals surface area contributed by atoms with Gasteiger partial charge in [-0.2, -0.15) is 0 Å². The van der Waals surface area contributed by atoms with Crippen LogP contribution in [0.3, 0.4) is 0 Å². The van der Waals surface area contributed by atoms with Crippen molar-refractivity contribution in [2.75, 3.05) is 13.2 Å². The van der Waals surface area contributed by atoms with Gasteiger partial charge in [-0.25, -0.2) is 9.37 Å². The van der Waals surface area contributed by atoms with Gasteiger partial charge in [0.25, 0.3) is 0 Å². The van der Waals surface area contributed by atoms with Gasteiger partial charge in [0.15, 0.2) is 0 Å². The zero-order valence-corrected chi connectivity index (χ0v) is 17.3. The summed E-state index contributed by atoms with van der Waals surface area (Å²) in [5.74, 6) is 1.15. The van der Waals surface area contributed by atoms with Crippen LogP contribution in [0.25, 0.3) is 10.8 Å². The minimum Gasteiger partial charge on any atom is -0.488 e. The average Bonchev–Trinajstić information content (AvgIpc) is 2.82. The van der Waals surface area contributed by atoms with Crippen LogP contribution in [0.15, 0.2) is 85.1 Å². The molecule has 0 spiro atoms. The molecule has 0 radical (unpaired) electrons. The number of nitrogens with one attached hydrogen (secondary N) is 1. The second-order valence-corrected chi connectivity index (χ2v) is 7.19. The van der Waals surface area contributed by atoms with E-state index in [1.165, 1.54) is 6.07 Å². The Balaban J connectivity index is 1.39. The van der Waals surface area contributed by atoms with Crippen molar-refractivity contribution in [3.8, 4) is 11.6 Å². The van der Waals surface area contributed by atoms with Crippen molar-refractivity contribution in [2.45, 2.75) is 19.6 Å². The van der Waals surface area contributed by atoms with E-state index in [4.69, 9.17) is 9.47 Å². The number of ether oxygens (including phenoxy) is 2. The molecule has 0 saturated carbocycles. The third-order valence-corrected chi connectivity index (χ3v) is 5.03. The van der Waals surface area contributed by atoms with Gasteiger partial charge in [0, 0.05) is 29.9 Å². The molecule has 4 aromatic rings. The molecule has 3 aromatic carbocycles. The van der Waals surface area contributed by atoms with E-state index in [0.717, 1.165) is 35.1 Å². The van der Waals surface area contributed by atoms with Gasteiger partial charge >= 0.3 is 0 Å². The van der Waals surface area contributed by atoms with Crippen LogP contribution in [-0.4, -0.2) is 18.1 Å². The number of nitrogens with zero attached hydrogens (tertiary/aromatic N) is 1. The van der Waals surface area contributed by atoms with Crippen LogP contribution in [0.4, 0.5) is 4.39 Å². The van der Waals surface area contributed by atoms with Crippen molar-refractivity contribution in [1.29, 1.82) is 0 Å². The van der Waals surface area contributed by atoms with E-state index >= 15 is 0 Å². The highest BCUT2D eigenvalue weighted by atomic mass is 19.1. The number of hydrogen-bond donors (Lipinski definition) is 1. The number of fused-ring (bicyclic) bond motifs is 1. The lowest BCUT2D eigenvalue weighted by atomic mass is 10.0. The first-order chi connectivity index (χ1) is 15.3. The lowest BCUT2D eigenvalue weighted by molar-refractivity contribution is 0.292. The molecule has 4 nitrogen and oxygen atoms in total. The molecule has 0 fully saturated rings. The highest BCUT2D eigenvalue weighted by molar-refractivity contribution is 5.87. The van der Waals surface area contributed by atoms with E-state index in [2.05, 4.69) is 22.4 Å². The Morgan fingerprint density at radius 3 is 2.55 bits per heavy atom. The maximum atomic E-state index is 14.0. The molecular weight excluding hydrogens is 391 g/mol. The molecule has 0 bridgehead atoms. The van der Waals surface area contributed by atoms with Gasteiger partial charge in [0.2, 0.25) is 5.88 Å². The maximum absolute atomic E-state index is 14.0. The largest absolute Gasteiger partial charge is 0.488 e. The molecule has 0 amide bonds. The molecule has 0 aliphatic carbocycles. The van der Waals surface area contributed by atoms with Crippen molar-refractivity contribution in [3.05, 3.63) is 102 Å². The number of rotatable bonds is 10. The Hall–Kier alpha value is -3.44. The molecule has 0 aliphatic heterocycles. The normalized spacial score (nSPS) is 10.9. The lowest BCUT2D eigenvalue weighted by Gasteiger charge is -2.15. The van der Waals surface area contributed by atoms with Gasteiger partial charge in [-0.1, -0.05) is 54.6 Å². The van der Waals surface area contributed by atoms with Crippen molar-refractivity contribution in [2.24, 2.45) is 0 Å². The standard InChI is InChI=1S/C26H25FN2O2/c27-24-11-4-2-9-21(24)19-31-25-14-13-20-8-1-3-10-22(20)23(25)18-28-15-7-17-30-26-12-5-6-16-29-26/h1-6,8-14,16,28H,7,15,17-19H2. The van der Waals surface area contributed by atoms with Crippen LogP contribution in [-0.2, 0) is 13.2 Å². The summed E-state index contributed by atoms with van der Waals surface area (Å²) >= 11 is 0. The van der Waals surface area contributed by atoms with Crippen LogP contribution in [0.1, 0.15) is 17.5 Å².